The minimum absolute atomic E-state index is 0.0392. The SMILES string of the molecule is CCCCC1(CC)NC(=O)c2ccccc2N1. The van der Waals surface area contributed by atoms with E-state index in [1.54, 1.807) is 0 Å². The van der Waals surface area contributed by atoms with Crippen molar-refractivity contribution in [1.82, 2.24) is 5.32 Å². The second kappa shape index (κ2) is 4.78. The van der Waals surface area contributed by atoms with E-state index in [9.17, 15) is 4.79 Å². The summed E-state index contributed by atoms with van der Waals surface area (Å²) in [7, 11) is 0. The van der Waals surface area contributed by atoms with Gasteiger partial charge in [0.25, 0.3) is 5.91 Å². The Morgan fingerprint density at radius 1 is 1.18 bits per heavy atom. The molecule has 2 N–H and O–H groups in total. The normalized spacial score (nSPS) is 22.6. The molecule has 0 saturated carbocycles. The second-order valence-electron chi connectivity index (χ2n) is 4.66. The number of fused-ring (bicyclic) bond motifs is 1. The molecule has 1 atom stereocenters. The standard InChI is InChI=1S/C14H20N2O/c1-3-5-10-14(4-2)15-12-9-7-6-8-11(12)13(17)16-14/h6-9,15H,3-5,10H2,1-2H3,(H,16,17). The molecule has 0 aliphatic carbocycles. The number of nitrogens with one attached hydrogen (secondary N) is 2. The summed E-state index contributed by atoms with van der Waals surface area (Å²) >= 11 is 0. The number of carbonyl (C=O) groups is 1. The van der Waals surface area contributed by atoms with Crippen LogP contribution in [0.5, 0.6) is 0 Å². The number of rotatable bonds is 4. The maximum Gasteiger partial charge on any atom is 0.255 e. The first-order valence-electron chi connectivity index (χ1n) is 6.40. The van der Waals surface area contributed by atoms with Gasteiger partial charge in [0.05, 0.1) is 5.56 Å². The summed E-state index contributed by atoms with van der Waals surface area (Å²) in [5.74, 6) is 0.0392. The Bertz CT molecular complexity index is 416. The monoisotopic (exact) mass is 232 g/mol. The van der Waals surface area contributed by atoms with Crippen molar-refractivity contribution in [2.45, 2.75) is 45.2 Å². The Morgan fingerprint density at radius 2 is 1.94 bits per heavy atom. The Kier molecular flexibility index (Phi) is 3.36. The highest BCUT2D eigenvalue weighted by molar-refractivity contribution is 6.02. The highest BCUT2D eigenvalue weighted by Gasteiger charge is 2.34. The molecule has 2 rings (SSSR count). The molecular formula is C14H20N2O. The van der Waals surface area contributed by atoms with Crippen LogP contribution in [0.1, 0.15) is 49.9 Å². The lowest BCUT2D eigenvalue weighted by Crippen LogP contribution is -2.57. The number of benzene rings is 1. The maximum absolute atomic E-state index is 12.1. The summed E-state index contributed by atoms with van der Waals surface area (Å²) in [6.07, 6.45) is 4.12. The number of amides is 1. The van der Waals surface area contributed by atoms with E-state index in [2.05, 4.69) is 24.5 Å². The molecule has 17 heavy (non-hydrogen) atoms. The van der Waals surface area contributed by atoms with Gasteiger partial charge < -0.3 is 10.6 Å². The molecule has 0 fully saturated rings. The molecule has 3 nitrogen and oxygen atoms in total. The second-order valence-corrected chi connectivity index (χ2v) is 4.66. The summed E-state index contributed by atoms with van der Waals surface area (Å²) in [5.41, 5.74) is 1.43. The van der Waals surface area contributed by atoms with Gasteiger partial charge in [-0.15, -0.1) is 0 Å². The molecule has 1 amide bonds. The van der Waals surface area contributed by atoms with Gasteiger partial charge in [-0.1, -0.05) is 32.4 Å². The van der Waals surface area contributed by atoms with Gasteiger partial charge in [-0.05, 0) is 31.4 Å². The Morgan fingerprint density at radius 3 is 2.65 bits per heavy atom. The fraction of sp³-hybridized carbons (Fsp3) is 0.500. The van der Waals surface area contributed by atoms with E-state index in [0.717, 1.165) is 36.9 Å². The van der Waals surface area contributed by atoms with Crippen LogP contribution in [0, 0.1) is 0 Å². The quantitative estimate of drug-likeness (QED) is 0.837. The fourth-order valence-corrected chi connectivity index (χ4v) is 2.32. The topological polar surface area (TPSA) is 41.1 Å². The third-order valence-corrected chi connectivity index (χ3v) is 3.46. The molecule has 1 aromatic carbocycles. The first kappa shape index (κ1) is 12.0. The van der Waals surface area contributed by atoms with Crippen LogP contribution >= 0.6 is 0 Å². The molecule has 0 radical (unpaired) electrons. The van der Waals surface area contributed by atoms with Gasteiger partial charge in [0.15, 0.2) is 0 Å². The number of unbranched alkanes of at least 4 members (excludes halogenated alkanes) is 1. The third kappa shape index (κ3) is 2.28. The summed E-state index contributed by atoms with van der Waals surface area (Å²) in [4.78, 5) is 12.1. The van der Waals surface area contributed by atoms with E-state index >= 15 is 0 Å². The van der Waals surface area contributed by atoms with Crippen molar-refractivity contribution in [2.75, 3.05) is 5.32 Å². The zero-order valence-corrected chi connectivity index (χ0v) is 10.5. The van der Waals surface area contributed by atoms with Crippen molar-refractivity contribution in [3.05, 3.63) is 29.8 Å². The van der Waals surface area contributed by atoms with Gasteiger partial charge in [0.1, 0.15) is 5.66 Å². The lowest BCUT2D eigenvalue weighted by molar-refractivity contribution is 0.0891. The van der Waals surface area contributed by atoms with E-state index < -0.39 is 0 Å². The molecule has 0 aromatic heterocycles. The molecule has 3 heteroatoms. The van der Waals surface area contributed by atoms with E-state index in [-0.39, 0.29) is 11.6 Å². The molecule has 1 aromatic rings. The molecule has 0 saturated heterocycles. The Hall–Kier alpha value is -1.51. The third-order valence-electron chi connectivity index (χ3n) is 3.46. The van der Waals surface area contributed by atoms with Gasteiger partial charge >= 0.3 is 0 Å². The van der Waals surface area contributed by atoms with E-state index in [0.29, 0.717) is 0 Å². The fourth-order valence-electron chi connectivity index (χ4n) is 2.32. The zero-order chi connectivity index (χ0) is 12.3. The number of carbonyl (C=O) groups excluding carboxylic acids is 1. The average Bonchev–Trinajstić information content (AvgIpc) is 2.36. The van der Waals surface area contributed by atoms with Crippen LogP contribution in [0.4, 0.5) is 5.69 Å². The molecule has 92 valence electrons. The average molecular weight is 232 g/mol. The lowest BCUT2D eigenvalue weighted by atomic mass is 9.94. The highest BCUT2D eigenvalue weighted by Crippen LogP contribution is 2.29. The zero-order valence-electron chi connectivity index (χ0n) is 10.5. The Balaban J connectivity index is 2.27. The van der Waals surface area contributed by atoms with Crippen molar-refractivity contribution in [3.63, 3.8) is 0 Å². The predicted octanol–water partition coefficient (Wildman–Crippen LogP) is 3.14. The maximum atomic E-state index is 12.1. The summed E-state index contributed by atoms with van der Waals surface area (Å²) < 4.78 is 0. The van der Waals surface area contributed by atoms with Crippen LogP contribution in [-0.2, 0) is 0 Å². The molecule has 0 spiro atoms. The lowest BCUT2D eigenvalue weighted by Gasteiger charge is -2.40. The van der Waals surface area contributed by atoms with Gasteiger partial charge in [-0.2, -0.15) is 0 Å². The smallest absolute Gasteiger partial charge is 0.255 e. The number of hydrogen-bond acceptors (Lipinski definition) is 2. The largest absolute Gasteiger partial charge is 0.362 e. The highest BCUT2D eigenvalue weighted by atomic mass is 16.2. The van der Waals surface area contributed by atoms with Crippen molar-refractivity contribution in [3.8, 4) is 0 Å². The van der Waals surface area contributed by atoms with E-state index in [1.165, 1.54) is 0 Å². The first-order valence-corrected chi connectivity index (χ1v) is 6.40. The van der Waals surface area contributed by atoms with Crippen LogP contribution in [0.2, 0.25) is 0 Å². The van der Waals surface area contributed by atoms with E-state index in [1.807, 2.05) is 24.3 Å². The van der Waals surface area contributed by atoms with Crippen LogP contribution in [0.3, 0.4) is 0 Å². The molecule has 1 aliphatic heterocycles. The number of anilines is 1. The van der Waals surface area contributed by atoms with E-state index in [4.69, 9.17) is 0 Å². The molecule has 0 bridgehead atoms. The van der Waals surface area contributed by atoms with Gasteiger partial charge in [-0.3, -0.25) is 4.79 Å². The predicted molar refractivity (Wildman–Crippen MR) is 70.1 cm³/mol. The van der Waals surface area contributed by atoms with Crippen LogP contribution in [-0.4, -0.2) is 11.6 Å². The number of hydrogen-bond donors (Lipinski definition) is 2. The van der Waals surface area contributed by atoms with Crippen molar-refractivity contribution in [1.29, 1.82) is 0 Å². The molecule has 1 aliphatic rings. The van der Waals surface area contributed by atoms with Gasteiger partial charge in [0, 0.05) is 5.69 Å². The number of para-hydroxylation sites is 1. The van der Waals surface area contributed by atoms with Gasteiger partial charge in [-0.25, -0.2) is 0 Å². The summed E-state index contributed by atoms with van der Waals surface area (Å²) in [6.45, 7) is 4.28. The van der Waals surface area contributed by atoms with Crippen molar-refractivity contribution in [2.24, 2.45) is 0 Å². The summed E-state index contributed by atoms with van der Waals surface area (Å²) in [5, 5.41) is 6.61. The minimum Gasteiger partial charge on any atom is -0.362 e. The summed E-state index contributed by atoms with van der Waals surface area (Å²) in [6, 6.07) is 7.69. The van der Waals surface area contributed by atoms with Gasteiger partial charge in [0.2, 0.25) is 0 Å². The Labute approximate surface area is 103 Å². The minimum atomic E-state index is -0.262. The molecule has 1 heterocycles. The molecule has 1 unspecified atom stereocenters. The first-order chi connectivity index (χ1) is 8.21. The van der Waals surface area contributed by atoms with Crippen molar-refractivity contribution < 1.29 is 4.79 Å². The van der Waals surface area contributed by atoms with Crippen molar-refractivity contribution >= 4 is 11.6 Å². The van der Waals surface area contributed by atoms with Crippen LogP contribution in [0.25, 0.3) is 0 Å². The van der Waals surface area contributed by atoms with Crippen LogP contribution < -0.4 is 10.6 Å². The van der Waals surface area contributed by atoms with Crippen LogP contribution in [0.15, 0.2) is 24.3 Å². The molecular weight excluding hydrogens is 212 g/mol.